The highest BCUT2D eigenvalue weighted by Gasteiger charge is 2.21. The second-order valence-electron chi connectivity index (χ2n) is 5.37. The lowest BCUT2D eigenvalue weighted by molar-refractivity contribution is 0.158. The smallest absolute Gasteiger partial charge is 0.242 e. The number of phenols is 1. The summed E-state index contributed by atoms with van der Waals surface area (Å²) in [7, 11) is 1.73. The first kappa shape index (κ1) is 14.5. The Kier molecular flexibility index (Phi) is 3.77. The van der Waals surface area contributed by atoms with Gasteiger partial charge in [0.05, 0.1) is 11.8 Å². The highest BCUT2D eigenvalue weighted by Crippen LogP contribution is 2.33. The van der Waals surface area contributed by atoms with Gasteiger partial charge in [0.25, 0.3) is 0 Å². The number of benzene rings is 1. The number of nitrogens with zero attached hydrogens (tertiary/aromatic N) is 3. The summed E-state index contributed by atoms with van der Waals surface area (Å²) in [5.41, 5.74) is 3.70. The number of phenolic OH excluding ortho intramolecular Hbond substituents is 1. The van der Waals surface area contributed by atoms with Crippen LogP contribution in [-0.4, -0.2) is 38.5 Å². The maximum Gasteiger partial charge on any atom is 0.242 e. The van der Waals surface area contributed by atoms with E-state index in [-0.39, 0.29) is 11.9 Å². The van der Waals surface area contributed by atoms with Gasteiger partial charge >= 0.3 is 0 Å². The molecule has 1 unspecified atom stereocenters. The molecular formula is C16H18N4O2. The second kappa shape index (κ2) is 5.73. The van der Waals surface area contributed by atoms with Crippen LogP contribution in [0, 0.1) is 6.92 Å². The van der Waals surface area contributed by atoms with Crippen molar-refractivity contribution >= 4 is 12.0 Å². The van der Waals surface area contributed by atoms with Gasteiger partial charge in [0.15, 0.2) is 0 Å². The Morgan fingerprint density at radius 2 is 2.14 bits per heavy atom. The molecule has 0 amide bonds. The SMILES string of the molecule is CNc1nnc(-c2ccc(/C=C3\CCC3O)cc2O)c(C)n1. The Balaban J connectivity index is 1.94. The fourth-order valence-corrected chi connectivity index (χ4v) is 2.42. The predicted molar refractivity (Wildman–Crippen MR) is 84.4 cm³/mol. The van der Waals surface area contributed by atoms with Crippen LogP contribution in [0.15, 0.2) is 23.8 Å². The summed E-state index contributed by atoms with van der Waals surface area (Å²) in [4.78, 5) is 4.27. The van der Waals surface area contributed by atoms with Crippen LogP contribution in [0.1, 0.15) is 24.1 Å². The average Bonchev–Trinajstić information content (AvgIpc) is 2.51. The van der Waals surface area contributed by atoms with Gasteiger partial charge in [-0.2, -0.15) is 0 Å². The molecule has 22 heavy (non-hydrogen) atoms. The van der Waals surface area contributed by atoms with E-state index in [4.69, 9.17) is 0 Å². The average molecular weight is 298 g/mol. The van der Waals surface area contributed by atoms with Crippen LogP contribution in [0.25, 0.3) is 17.3 Å². The van der Waals surface area contributed by atoms with Crippen LogP contribution in [0.5, 0.6) is 5.75 Å². The molecule has 3 N–H and O–H groups in total. The van der Waals surface area contributed by atoms with Gasteiger partial charge in [0, 0.05) is 12.6 Å². The van der Waals surface area contributed by atoms with Gasteiger partial charge in [-0.15, -0.1) is 10.2 Å². The third-order valence-corrected chi connectivity index (χ3v) is 3.85. The van der Waals surface area contributed by atoms with Gasteiger partial charge in [0.2, 0.25) is 5.95 Å². The highest BCUT2D eigenvalue weighted by molar-refractivity contribution is 5.71. The molecule has 1 aromatic carbocycles. The molecule has 1 atom stereocenters. The first-order chi connectivity index (χ1) is 10.6. The number of anilines is 1. The topological polar surface area (TPSA) is 91.2 Å². The zero-order valence-electron chi connectivity index (χ0n) is 12.5. The summed E-state index contributed by atoms with van der Waals surface area (Å²) < 4.78 is 0. The van der Waals surface area contributed by atoms with Gasteiger partial charge in [-0.25, -0.2) is 4.98 Å². The van der Waals surface area contributed by atoms with Crippen molar-refractivity contribution in [2.75, 3.05) is 12.4 Å². The van der Waals surface area contributed by atoms with Crippen LogP contribution in [0.4, 0.5) is 5.95 Å². The second-order valence-corrected chi connectivity index (χ2v) is 5.37. The summed E-state index contributed by atoms with van der Waals surface area (Å²) >= 11 is 0. The molecule has 114 valence electrons. The normalized spacial score (nSPS) is 19.0. The maximum absolute atomic E-state index is 10.3. The largest absolute Gasteiger partial charge is 0.507 e. The Morgan fingerprint density at radius 3 is 2.68 bits per heavy atom. The Bertz CT molecular complexity index is 743. The van der Waals surface area contributed by atoms with E-state index in [1.54, 1.807) is 19.2 Å². The van der Waals surface area contributed by atoms with Gasteiger partial charge in [-0.05, 0) is 43.0 Å². The molecule has 1 saturated carbocycles. The number of rotatable bonds is 3. The van der Waals surface area contributed by atoms with Gasteiger partial charge < -0.3 is 15.5 Å². The Morgan fingerprint density at radius 1 is 1.32 bits per heavy atom. The van der Waals surface area contributed by atoms with Crippen LogP contribution >= 0.6 is 0 Å². The third-order valence-electron chi connectivity index (χ3n) is 3.85. The molecule has 0 radical (unpaired) electrons. The van der Waals surface area contributed by atoms with Crippen LogP contribution in [-0.2, 0) is 0 Å². The first-order valence-electron chi connectivity index (χ1n) is 7.19. The number of nitrogens with one attached hydrogen (secondary N) is 1. The number of aromatic nitrogens is 3. The van der Waals surface area contributed by atoms with Crippen molar-refractivity contribution in [3.05, 3.63) is 35.0 Å². The molecule has 1 aliphatic rings. The minimum atomic E-state index is -0.340. The van der Waals surface area contributed by atoms with Crippen molar-refractivity contribution in [3.63, 3.8) is 0 Å². The molecule has 1 aliphatic carbocycles. The fourth-order valence-electron chi connectivity index (χ4n) is 2.42. The molecule has 0 saturated heterocycles. The minimum absolute atomic E-state index is 0.125. The van der Waals surface area contributed by atoms with Crippen molar-refractivity contribution in [1.82, 2.24) is 15.2 Å². The molecule has 1 aromatic heterocycles. The molecule has 2 aromatic rings. The Labute approximate surface area is 128 Å². The van der Waals surface area contributed by atoms with E-state index in [2.05, 4.69) is 20.5 Å². The molecule has 6 nitrogen and oxygen atoms in total. The van der Waals surface area contributed by atoms with Crippen LogP contribution in [0.3, 0.4) is 0 Å². The molecule has 3 rings (SSSR count). The lowest BCUT2D eigenvalue weighted by atomic mass is 9.87. The summed E-state index contributed by atoms with van der Waals surface area (Å²) in [6.07, 6.45) is 3.30. The van der Waals surface area contributed by atoms with E-state index in [1.807, 2.05) is 19.1 Å². The zero-order chi connectivity index (χ0) is 15.7. The van der Waals surface area contributed by atoms with Crippen molar-refractivity contribution < 1.29 is 10.2 Å². The highest BCUT2D eigenvalue weighted by atomic mass is 16.3. The van der Waals surface area contributed by atoms with Crippen molar-refractivity contribution in [2.24, 2.45) is 0 Å². The lowest BCUT2D eigenvalue weighted by Crippen LogP contribution is -2.20. The van der Waals surface area contributed by atoms with Crippen molar-refractivity contribution in [2.45, 2.75) is 25.9 Å². The molecule has 1 heterocycles. The molecule has 1 fully saturated rings. The van der Waals surface area contributed by atoms with Crippen molar-refractivity contribution in [1.29, 1.82) is 0 Å². The summed E-state index contributed by atoms with van der Waals surface area (Å²) in [6, 6.07) is 5.35. The zero-order valence-corrected chi connectivity index (χ0v) is 12.5. The summed E-state index contributed by atoms with van der Waals surface area (Å²) in [5.74, 6) is 0.570. The monoisotopic (exact) mass is 298 g/mol. The van der Waals surface area contributed by atoms with Crippen LogP contribution < -0.4 is 5.32 Å². The van der Waals surface area contributed by atoms with E-state index in [0.29, 0.717) is 22.9 Å². The molecule has 0 bridgehead atoms. The van der Waals surface area contributed by atoms with Gasteiger partial charge in [-0.3, -0.25) is 0 Å². The maximum atomic E-state index is 10.3. The number of hydrogen-bond acceptors (Lipinski definition) is 6. The fraction of sp³-hybridized carbons (Fsp3) is 0.312. The summed E-state index contributed by atoms with van der Waals surface area (Å²) in [5, 5.41) is 30.8. The molecule has 6 heteroatoms. The minimum Gasteiger partial charge on any atom is -0.507 e. The lowest BCUT2D eigenvalue weighted by Gasteiger charge is -2.24. The van der Waals surface area contributed by atoms with E-state index in [0.717, 1.165) is 24.0 Å². The molecule has 0 aliphatic heterocycles. The third kappa shape index (κ3) is 2.65. The molecular weight excluding hydrogens is 280 g/mol. The summed E-state index contributed by atoms with van der Waals surface area (Å²) in [6.45, 7) is 1.82. The Hall–Kier alpha value is -2.47. The van der Waals surface area contributed by atoms with E-state index in [1.165, 1.54) is 0 Å². The van der Waals surface area contributed by atoms with Crippen LogP contribution in [0.2, 0.25) is 0 Å². The number of aliphatic hydroxyl groups excluding tert-OH is 1. The van der Waals surface area contributed by atoms with E-state index >= 15 is 0 Å². The standard InChI is InChI=1S/C16H18N4O2/c1-9-15(19-20-16(17-2)18-9)12-5-3-10(8-14(12)22)7-11-4-6-13(11)21/h3,5,7-8,13,21-22H,4,6H2,1-2H3,(H,17,18,20)/b11-7+. The number of aromatic hydroxyl groups is 1. The van der Waals surface area contributed by atoms with Gasteiger partial charge in [0.1, 0.15) is 11.4 Å². The van der Waals surface area contributed by atoms with Crippen molar-refractivity contribution in [3.8, 4) is 17.0 Å². The van der Waals surface area contributed by atoms with E-state index < -0.39 is 0 Å². The number of hydrogen-bond donors (Lipinski definition) is 3. The predicted octanol–water partition coefficient (Wildman–Crippen LogP) is 2.13. The number of aliphatic hydroxyl groups is 1. The molecule has 0 spiro atoms. The number of aryl methyl sites for hydroxylation is 1. The van der Waals surface area contributed by atoms with E-state index in [9.17, 15) is 10.2 Å². The quantitative estimate of drug-likeness (QED) is 0.804. The van der Waals surface area contributed by atoms with Gasteiger partial charge in [-0.1, -0.05) is 12.1 Å². The first-order valence-corrected chi connectivity index (χ1v) is 7.19.